The number of nitrogens with two attached hydrogens (primary N) is 2. The van der Waals surface area contributed by atoms with E-state index in [4.69, 9.17) is 16.2 Å². The lowest BCUT2D eigenvalue weighted by Gasteiger charge is -2.53. The van der Waals surface area contributed by atoms with Gasteiger partial charge in [0.1, 0.15) is 17.7 Å². The Balaban J connectivity index is 1.38. The number of nitriles is 1. The molecule has 7 nitrogen and oxygen atoms in total. The maximum Gasteiger partial charge on any atom is 0.323 e. The average molecular weight is 443 g/mol. The zero-order chi connectivity index (χ0) is 22.8. The molecule has 0 aromatic rings. The predicted molar refractivity (Wildman–Crippen MR) is 119 cm³/mol. The molecule has 0 aromatic heterocycles. The summed E-state index contributed by atoms with van der Waals surface area (Å²) in [5.41, 5.74) is 12.1. The van der Waals surface area contributed by atoms with Crippen LogP contribution in [-0.2, 0) is 14.3 Å². The van der Waals surface area contributed by atoms with Gasteiger partial charge in [0.2, 0.25) is 5.91 Å². The second kappa shape index (κ2) is 7.70. The van der Waals surface area contributed by atoms with Crippen molar-refractivity contribution in [2.24, 2.45) is 40.6 Å². The number of piperidine rings is 1. The zero-order valence-corrected chi connectivity index (χ0v) is 19.5. The molecule has 6 aliphatic rings. The first-order valence-electron chi connectivity index (χ1n) is 12.6. The summed E-state index contributed by atoms with van der Waals surface area (Å²) in [6.45, 7) is 4.11. The molecule has 9 atom stereocenters. The Labute approximate surface area is 191 Å². The van der Waals surface area contributed by atoms with E-state index >= 15 is 0 Å². The highest BCUT2D eigenvalue weighted by molar-refractivity contribution is 5.84. The van der Waals surface area contributed by atoms with Gasteiger partial charge in [0.15, 0.2) is 0 Å². The number of carbonyl (C=O) groups excluding carboxylic acids is 2. The van der Waals surface area contributed by atoms with Crippen LogP contribution in [0.3, 0.4) is 0 Å². The number of hydrogen-bond donors (Lipinski definition) is 2. The SMILES string of the molecule is CC(C)CC(N)C(=O)OC12CC3CCC(C(N)C(=O)N4C(C#N)CC5CC54)(CC(C3)C1)C2. The molecule has 5 aliphatic carbocycles. The van der Waals surface area contributed by atoms with Crippen molar-refractivity contribution in [1.82, 2.24) is 4.90 Å². The van der Waals surface area contributed by atoms with Crippen molar-refractivity contribution in [1.29, 1.82) is 5.26 Å². The Bertz CT molecular complexity index is 840. The molecule has 7 heteroatoms. The van der Waals surface area contributed by atoms with Crippen molar-refractivity contribution in [3.05, 3.63) is 0 Å². The fourth-order valence-electron chi connectivity index (χ4n) is 7.98. The topological polar surface area (TPSA) is 122 Å². The van der Waals surface area contributed by atoms with Crippen molar-refractivity contribution < 1.29 is 14.3 Å². The molecule has 0 aromatic carbocycles. The molecule has 1 heterocycles. The van der Waals surface area contributed by atoms with Crippen LogP contribution in [0.15, 0.2) is 0 Å². The van der Waals surface area contributed by atoms with E-state index in [1.165, 1.54) is 0 Å². The Hall–Kier alpha value is -1.65. The molecular weight excluding hydrogens is 404 g/mol. The molecule has 0 spiro atoms. The summed E-state index contributed by atoms with van der Waals surface area (Å²) < 4.78 is 6.25. The van der Waals surface area contributed by atoms with Crippen LogP contribution in [0.4, 0.5) is 0 Å². The van der Waals surface area contributed by atoms with Crippen LogP contribution in [0.5, 0.6) is 0 Å². The summed E-state index contributed by atoms with van der Waals surface area (Å²) in [6.07, 6.45) is 8.76. The number of carbonyl (C=O) groups is 2. The molecule has 4 bridgehead atoms. The van der Waals surface area contributed by atoms with Crippen LogP contribution >= 0.6 is 0 Å². The Kier molecular flexibility index (Phi) is 5.33. The van der Waals surface area contributed by atoms with Crippen LogP contribution in [0, 0.1) is 40.4 Å². The van der Waals surface area contributed by atoms with Crippen molar-refractivity contribution in [2.75, 3.05) is 0 Å². The number of fused-ring (bicyclic) bond motifs is 2. The number of nitrogens with zero attached hydrogens (tertiary/aromatic N) is 2. The van der Waals surface area contributed by atoms with Crippen LogP contribution < -0.4 is 11.5 Å². The fraction of sp³-hybridized carbons (Fsp3) is 0.880. The molecule has 5 saturated carbocycles. The molecule has 4 N–H and O–H groups in total. The second-order valence-corrected chi connectivity index (χ2v) is 12.2. The van der Waals surface area contributed by atoms with Gasteiger partial charge in [-0.15, -0.1) is 0 Å². The van der Waals surface area contributed by atoms with E-state index in [9.17, 15) is 14.9 Å². The zero-order valence-electron chi connectivity index (χ0n) is 19.5. The summed E-state index contributed by atoms with van der Waals surface area (Å²) in [5.74, 6) is 1.39. The molecule has 9 unspecified atom stereocenters. The lowest BCUT2D eigenvalue weighted by Crippen LogP contribution is -2.60. The summed E-state index contributed by atoms with van der Waals surface area (Å²) >= 11 is 0. The number of amides is 1. The standard InChI is InChI=1S/C25H38N4O3/c1-14(2)5-19(27)23(31)32-25-10-15-3-4-24(13-25,9-16(6-15)11-25)21(28)22(30)29-18(12-26)7-17-8-20(17)29/h14-21H,3-11,13,27-28H2,1-2H3. The van der Waals surface area contributed by atoms with Gasteiger partial charge in [-0.2, -0.15) is 5.26 Å². The van der Waals surface area contributed by atoms with Crippen LogP contribution in [0.2, 0.25) is 0 Å². The van der Waals surface area contributed by atoms with E-state index in [0.717, 1.165) is 51.4 Å². The Morgan fingerprint density at radius 3 is 2.62 bits per heavy atom. The summed E-state index contributed by atoms with van der Waals surface area (Å²) in [7, 11) is 0. The first-order valence-corrected chi connectivity index (χ1v) is 12.6. The molecule has 0 radical (unpaired) electrons. The first-order chi connectivity index (χ1) is 15.2. The molecular formula is C25H38N4O3. The van der Waals surface area contributed by atoms with Gasteiger partial charge in [0.25, 0.3) is 0 Å². The van der Waals surface area contributed by atoms with Crippen molar-refractivity contribution in [3.63, 3.8) is 0 Å². The van der Waals surface area contributed by atoms with Crippen molar-refractivity contribution >= 4 is 11.9 Å². The van der Waals surface area contributed by atoms with Crippen LogP contribution in [-0.4, -0.2) is 46.5 Å². The van der Waals surface area contributed by atoms with Gasteiger partial charge in [-0.1, -0.05) is 13.8 Å². The van der Waals surface area contributed by atoms with Gasteiger partial charge in [-0.3, -0.25) is 9.59 Å². The van der Waals surface area contributed by atoms with Gasteiger partial charge in [-0.05, 0) is 93.3 Å². The highest BCUT2D eigenvalue weighted by Gasteiger charge is 2.62. The fourth-order valence-corrected chi connectivity index (χ4v) is 7.98. The minimum atomic E-state index is -0.639. The molecule has 32 heavy (non-hydrogen) atoms. The second-order valence-electron chi connectivity index (χ2n) is 12.2. The molecule has 6 rings (SSSR count). The summed E-state index contributed by atoms with van der Waals surface area (Å²) in [4.78, 5) is 28.4. The van der Waals surface area contributed by atoms with Crippen LogP contribution in [0.25, 0.3) is 0 Å². The molecule has 1 saturated heterocycles. The normalized spacial score (nSPS) is 43.4. The maximum atomic E-state index is 13.7. The van der Waals surface area contributed by atoms with E-state index in [2.05, 4.69) is 19.9 Å². The van der Waals surface area contributed by atoms with Crippen molar-refractivity contribution in [3.8, 4) is 6.07 Å². The minimum Gasteiger partial charge on any atom is -0.458 e. The maximum absolute atomic E-state index is 13.7. The third kappa shape index (κ3) is 3.64. The van der Waals surface area contributed by atoms with Gasteiger partial charge in [0.05, 0.1) is 12.1 Å². The highest BCUT2D eigenvalue weighted by atomic mass is 16.6. The monoisotopic (exact) mass is 442 g/mol. The third-order valence-electron chi connectivity index (χ3n) is 9.19. The molecule has 1 amide bonds. The molecule has 1 aliphatic heterocycles. The number of ether oxygens (including phenoxy) is 1. The number of esters is 1. The van der Waals surface area contributed by atoms with Crippen molar-refractivity contribution in [2.45, 2.75) is 108 Å². The predicted octanol–water partition coefficient (Wildman–Crippen LogP) is 2.47. The van der Waals surface area contributed by atoms with Crippen LogP contribution in [0.1, 0.15) is 78.1 Å². The van der Waals surface area contributed by atoms with E-state index in [0.29, 0.717) is 36.5 Å². The molecule has 6 fully saturated rings. The number of rotatable bonds is 6. The first kappa shape index (κ1) is 22.2. The lowest BCUT2D eigenvalue weighted by molar-refractivity contribution is -0.182. The highest BCUT2D eigenvalue weighted by Crippen LogP contribution is 2.61. The van der Waals surface area contributed by atoms with Gasteiger partial charge < -0.3 is 21.1 Å². The number of hydrogen-bond acceptors (Lipinski definition) is 6. The Morgan fingerprint density at radius 2 is 1.91 bits per heavy atom. The Morgan fingerprint density at radius 1 is 1.16 bits per heavy atom. The summed E-state index contributed by atoms with van der Waals surface area (Å²) in [6, 6.07) is 0.940. The van der Waals surface area contributed by atoms with E-state index < -0.39 is 17.7 Å². The largest absolute Gasteiger partial charge is 0.458 e. The quantitative estimate of drug-likeness (QED) is 0.609. The van der Waals surface area contributed by atoms with E-state index in [-0.39, 0.29) is 29.4 Å². The average Bonchev–Trinajstić information content (AvgIpc) is 3.43. The van der Waals surface area contributed by atoms with E-state index in [1.54, 1.807) is 4.90 Å². The lowest BCUT2D eigenvalue weighted by atomic mass is 9.57. The minimum absolute atomic E-state index is 0.0562. The smallest absolute Gasteiger partial charge is 0.323 e. The van der Waals surface area contributed by atoms with Gasteiger partial charge in [-0.25, -0.2) is 0 Å². The number of likely N-dealkylation sites (tertiary alicyclic amines) is 1. The van der Waals surface area contributed by atoms with Gasteiger partial charge in [0, 0.05) is 6.04 Å². The summed E-state index contributed by atoms with van der Waals surface area (Å²) in [5, 5.41) is 9.58. The third-order valence-corrected chi connectivity index (χ3v) is 9.19. The molecule has 176 valence electrons. The van der Waals surface area contributed by atoms with Gasteiger partial charge >= 0.3 is 5.97 Å². The van der Waals surface area contributed by atoms with E-state index in [1.807, 2.05) is 0 Å².